The lowest BCUT2D eigenvalue weighted by atomic mass is 10.1. The van der Waals surface area contributed by atoms with Gasteiger partial charge in [-0.1, -0.05) is 0 Å². The van der Waals surface area contributed by atoms with E-state index in [0.29, 0.717) is 6.42 Å². The molecule has 0 aliphatic heterocycles. The minimum atomic E-state index is -0.228. The molecule has 0 aliphatic rings. The molecule has 0 N–H and O–H groups in total. The van der Waals surface area contributed by atoms with E-state index in [2.05, 4.69) is 4.74 Å². The molecule has 2 rings (SSSR count). The zero-order valence-corrected chi connectivity index (χ0v) is 10.2. The van der Waals surface area contributed by atoms with Crippen LogP contribution in [-0.4, -0.2) is 24.8 Å². The van der Waals surface area contributed by atoms with Crippen LogP contribution in [0.5, 0.6) is 5.75 Å². The van der Waals surface area contributed by atoms with Crippen LogP contribution in [0.2, 0.25) is 0 Å². The Labute approximate surface area is 99.7 Å². The van der Waals surface area contributed by atoms with Gasteiger partial charge < -0.3 is 14.0 Å². The number of ether oxygens (including phenoxy) is 2. The summed E-state index contributed by atoms with van der Waals surface area (Å²) in [6, 6.07) is 5.81. The number of nitrogens with zero attached hydrogens (tertiary/aromatic N) is 1. The van der Waals surface area contributed by atoms with Crippen LogP contribution in [0.3, 0.4) is 0 Å². The summed E-state index contributed by atoms with van der Waals surface area (Å²) in [5.41, 5.74) is 2.01. The molecule has 0 atom stereocenters. The van der Waals surface area contributed by atoms with Crippen molar-refractivity contribution >= 4 is 16.9 Å². The molecule has 1 heterocycles. The minimum absolute atomic E-state index is 0.228. The molecule has 0 bridgehead atoms. The van der Waals surface area contributed by atoms with Crippen LogP contribution in [0.1, 0.15) is 5.56 Å². The number of carbonyl (C=O) groups excluding carboxylic acids is 1. The van der Waals surface area contributed by atoms with E-state index in [1.807, 2.05) is 36.0 Å². The van der Waals surface area contributed by atoms with Gasteiger partial charge >= 0.3 is 5.97 Å². The van der Waals surface area contributed by atoms with Crippen LogP contribution in [0, 0.1) is 0 Å². The van der Waals surface area contributed by atoms with Gasteiger partial charge in [0.05, 0.1) is 26.2 Å². The van der Waals surface area contributed by atoms with Gasteiger partial charge in [-0.25, -0.2) is 0 Å². The number of methoxy groups -OCH3 is 2. The smallest absolute Gasteiger partial charge is 0.310 e. The number of carbonyl (C=O) groups is 1. The van der Waals surface area contributed by atoms with Crippen molar-refractivity contribution < 1.29 is 14.3 Å². The van der Waals surface area contributed by atoms with Crippen LogP contribution in [0.25, 0.3) is 10.9 Å². The third-order valence-electron chi connectivity index (χ3n) is 2.84. The number of aromatic nitrogens is 1. The Morgan fingerprint density at radius 1 is 1.35 bits per heavy atom. The van der Waals surface area contributed by atoms with E-state index in [-0.39, 0.29) is 5.97 Å². The second-order valence-corrected chi connectivity index (χ2v) is 3.90. The molecule has 0 fully saturated rings. The van der Waals surface area contributed by atoms with Gasteiger partial charge in [-0.15, -0.1) is 0 Å². The van der Waals surface area contributed by atoms with E-state index in [4.69, 9.17) is 4.74 Å². The van der Waals surface area contributed by atoms with Crippen molar-refractivity contribution in [1.82, 2.24) is 4.57 Å². The summed E-state index contributed by atoms with van der Waals surface area (Å²) >= 11 is 0. The van der Waals surface area contributed by atoms with E-state index in [0.717, 1.165) is 22.2 Å². The van der Waals surface area contributed by atoms with Crippen molar-refractivity contribution in [3.63, 3.8) is 0 Å². The van der Waals surface area contributed by atoms with Crippen LogP contribution < -0.4 is 4.74 Å². The number of aryl methyl sites for hydroxylation is 1. The highest BCUT2D eigenvalue weighted by atomic mass is 16.5. The zero-order chi connectivity index (χ0) is 12.4. The average Bonchev–Trinajstić information content (AvgIpc) is 2.65. The first-order valence-electron chi connectivity index (χ1n) is 5.34. The predicted octanol–water partition coefficient (Wildman–Crippen LogP) is 1.90. The third kappa shape index (κ3) is 2.11. The van der Waals surface area contributed by atoms with Crippen molar-refractivity contribution in [2.45, 2.75) is 6.42 Å². The first-order valence-corrected chi connectivity index (χ1v) is 5.34. The Morgan fingerprint density at radius 2 is 2.12 bits per heavy atom. The Balaban J connectivity index is 2.48. The number of fused-ring (bicyclic) bond motifs is 1. The van der Waals surface area contributed by atoms with Crippen molar-refractivity contribution in [2.24, 2.45) is 7.05 Å². The molecule has 1 aromatic carbocycles. The fraction of sp³-hybridized carbons (Fsp3) is 0.308. The van der Waals surface area contributed by atoms with Crippen LogP contribution >= 0.6 is 0 Å². The standard InChI is InChI=1S/C13H15NO3/c1-14-8-9(6-13(15)17-3)11-5-4-10(16-2)7-12(11)14/h4-5,7-8H,6H2,1-3H3. The molecule has 0 radical (unpaired) electrons. The van der Waals surface area contributed by atoms with Gasteiger partial charge in [-0.3, -0.25) is 4.79 Å². The lowest BCUT2D eigenvalue weighted by molar-refractivity contribution is -0.139. The summed E-state index contributed by atoms with van der Waals surface area (Å²) in [4.78, 5) is 11.3. The second kappa shape index (κ2) is 4.49. The molecule has 4 heteroatoms. The molecule has 0 spiro atoms. The average molecular weight is 233 g/mol. The Kier molecular flexibility index (Phi) is 3.04. The SMILES string of the molecule is COC(=O)Cc1cn(C)c2cc(OC)ccc12. The summed E-state index contributed by atoms with van der Waals surface area (Å²) in [6.07, 6.45) is 2.24. The van der Waals surface area contributed by atoms with E-state index in [1.165, 1.54) is 7.11 Å². The molecule has 90 valence electrons. The Morgan fingerprint density at radius 3 is 2.76 bits per heavy atom. The number of hydrogen-bond acceptors (Lipinski definition) is 3. The van der Waals surface area contributed by atoms with Gasteiger partial charge in [-0.2, -0.15) is 0 Å². The third-order valence-corrected chi connectivity index (χ3v) is 2.84. The fourth-order valence-corrected chi connectivity index (χ4v) is 1.94. The van der Waals surface area contributed by atoms with Crippen molar-refractivity contribution in [1.29, 1.82) is 0 Å². The van der Waals surface area contributed by atoms with Gasteiger partial charge in [-0.05, 0) is 17.7 Å². The summed E-state index contributed by atoms with van der Waals surface area (Å²) in [6.45, 7) is 0. The summed E-state index contributed by atoms with van der Waals surface area (Å²) in [5, 5.41) is 1.05. The van der Waals surface area contributed by atoms with Crippen LogP contribution in [0.4, 0.5) is 0 Å². The molecule has 17 heavy (non-hydrogen) atoms. The quantitative estimate of drug-likeness (QED) is 0.760. The molecule has 4 nitrogen and oxygen atoms in total. The molecular weight excluding hydrogens is 218 g/mol. The van der Waals surface area contributed by atoms with Gasteiger partial charge in [0.1, 0.15) is 5.75 Å². The van der Waals surface area contributed by atoms with Crippen molar-refractivity contribution in [3.05, 3.63) is 30.0 Å². The number of hydrogen-bond donors (Lipinski definition) is 0. The molecule has 0 saturated carbocycles. The van der Waals surface area contributed by atoms with E-state index in [9.17, 15) is 4.79 Å². The molecule has 0 aliphatic carbocycles. The molecular formula is C13H15NO3. The summed E-state index contributed by atoms with van der Waals surface area (Å²) in [7, 11) is 4.98. The molecule has 2 aromatic rings. The fourth-order valence-electron chi connectivity index (χ4n) is 1.94. The van der Waals surface area contributed by atoms with Gasteiger partial charge in [0.25, 0.3) is 0 Å². The van der Waals surface area contributed by atoms with Crippen molar-refractivity contribution in [3.8, 4) is 5.75 Å². The minimum Gasteiger partial charge on any atom is -0.497 e. The highest BCUT2D eigenvalue weighted by Gasteiger charge is 2.11. The predicted molar refractivity (Wildman–Crippen MR) is 65.2 cm³/mol. The van der Waals surface area contributed by atoms with Crippen LogP contribution in [0.15, 0.2) is 24.4 Å². The molecule has 1 aromatic heterocycles. The number of rotatable bonds is 3. The molecule has 0 unspecified atom stereocenters. The monoisotopic (exact) mass is 233 g/mol. The lowest BCUT2D eigenvalue weighted by Gasteiger charge is -2.01. The highest BCUT2D eigenvalue weighted by molar-refractivity contribution is 5.88. The summed E-state index contributed by atoms with van der Waals surface area (Å²) in [5.74, 6) is 0.580. The van der Waals surface area contributed by atoms with Gasteiger partial charge in [0.15, 0.2) is 0 Å². The van der Waals surface area contributed by atoms with Crippen LogP contribution in [-0.2, 0) is 23.0 Å². The zero-order valence-electron chi connectivity index (χ0n) is 10.2. The Hall–Kier alpha value is -1.97. The topological polar surface area (TPSA) is 40.5 Å². The van der Waals surface area contributed by atoms with E-state index < -0.39 is 0 Å². The molecule has 0 saturated heterocycles. The maximum Gasteiger partial charge on any atom is 0.310 e. The van der Waals surface area contributed by atoms with Crippen molar-refractivity contribution in [2.75, 3.05) is 14.2 Å². The maximum absolute atomic E-state index is 11.3. The molecule has 0 amide bonds. The first-order chi connectivity index (χ1) is 8.15. The normalized spacial score (nSPS) is 10.5. The van der Waals surface area contributed by atoms with E-state index >= 15 is 0 Å². The number of esters is 1. The Bertz CT molecular complexity index is 557. The highest BCUT2D eigenvalue weighted by Crippen LogP contribution is 2.25. The lowest BCUT2D eigenvalue weighted by Crippen LogP contribution is -2.03. The number of benzene rings is 1. The van der Waals surface area contributed by atoms with E-state index in [1.54, 1.807) is 7.11 Å². The van der Waals surface area contributed by atoms with Gasteiger partial charge in [0.2, 0.25) is 0 Å². The van der Waals surface area contributed by atoms with Gasteiger partial charge in [0, 0.05) is 24.7 Å². The maximum atomic E-state index is 11.3. The largest absolute Gasteiger partial charge is 0.497 e. The first kappa shape index (κ1) is 11.5. The summed E-state index contributed by atoms with van der Waals surface area (Å²) < 4.78 is 11.9. The second-order valence-electron chi connectivity index (χ2n) is 3.90.